The Balaban J connectivity index is 1.40. The Morgan fingerprint density at radius 3 is 2.43 bits per heavy atom. The Hall–Kier alpha value is -3.22. The number of methoxy groups -OCH3 is 1. The van der Waals surface area contributed by atoms with Crippen LogP contribution >= 0.6 is 0 Å². The van der Waals surface area contributed by atoms with Gasteiger partial charge in [-0.15, -0.1) is 0 Å². The van der Waals surface area contributed by atoms with E-state index in [2.05, 4.69) is 21.2 Å². The van der Waals surface area contributed by atoms with Crippen molar-refractivity contribution in [2.75, 3.05) is 54.1 Å². The van der Waals surface area contributed by atoms with Crippen LogP contribution in [-0.2, 0) is 9.53 Å². The molecule has 3 N–H and O–H groups in total. The van der Waals surface area contributed by atoms with Gasteiger partial charge in [-0.2, -0.15) is 0 Å². The Morgan fingerprint density at radius 1 is 1.07 bits per heavy atom. The van der Waals surface area contributed by atoms with E-state index < -0.39 is 5.97 Å². The average molecular weight is 380 g/mol. The second-order valence-electron chi connectivity index (χ2n) is 7.67. The molecular weight excluding hydrogens is 356 g/mol. The number of para-hydroxylation sites is 1. The van der Waals surface area contributed by atoms with Crippen molar-refractivity contribution in [2.24, 2.45) is 5.41 Å². The minimum Gasteiger partial charge on any atom is -0.465 e. The molecule has 146 valence electrons. The number of anilines is 4. The Bertz CT molecular complexity index is 929. The maximum atomic E-state index is 11.9. The van der Waals surface area contributed by atoms with E-state index in [9.17, 15) is 9.59 Å². The number of nitrogen functional groups attached to an aromatic ring is 1. The molecule has 0 unspecified atom stereocenters. The predicted molar refractivity (Wildman–Crippen MR) is 110 cm³/mol. The van der Waals surface area contributed by atoms with E-state index in [1.807, 2.05) is 30.3 Å². The van der Waals surface area contributed by atoms with Gasteiger partial charge < -0.3 is 25.6 Å². The first-order chi connectivity index (χ1) is 13.4. The van der Waals surface area contributed by atoms with Gasteiger partial charge in [0.1, 0.15) is 0 Å². The summed E-state index contributed by atoms with van der Waals surface area (Å²) in [6, 6.07) is 13.4. The van der Waals surface area contributed by atoms with E-state index in [1.165, 1.54) is 14.0 Å². The lowest BCUT2D eigenvalue weighted by molar-refractivity contribution is -0.114. The smallest absolute Gasteiger partial charge is 0.340 e. The third-order valence-electron chi connectivity index (χ3n) is 5.47. The quantitative estimate of drug-likeness (QED) is 0.625. The highest BCUT2D eigenvalue weighted by Crippen LogP contribution is 2.45. The van der Waals surface area contributed by atoms with Gasteiger partial charge in [0, 0.05) is 49.9 Å². The number of nitrogens with zero attached hydrogens (tertiary/aromatic N) is 2. The summed E-state index contributed by atoms with van der Waals surface area (Å²) in [5.41, 5.74) is 10.2. The highest BCUT2D eigenvalue weighted by Gasteiger charge is 2.52. The number of amides is 1. The molecule has 1 spiro atoms. The number of benzene rings is 2. The fraction of sp³-hybridized carbons (Fsp3) is 0.333. The molecule has 2 aliphatic rings. The fourth-order valence-corrected chi connectivity index (χ4v) is 4.18. The van der Waals surface area contributed by atoms with Gasteiger partial charge >= 0.3 is 5.97 Å². The normalized spacial score (nSPS) is 16.9. The first-order valence-corrected chi connectivity index (χ1v) is 9.25. The van der Waals surface area contributed by atoms with Gasteiger partial charge in [0.05, 0.1) is 24.0 Å². The molecule has 0 atom stereocenters. The molecule has 0 radical (unpaired) electrons. The number of carbonyl (C=O) groups is 2. The fourth-order valence-electron chi connectivity index (χ4n) is 4.18. The topological polar surface area (TPSA) is 87.9 Å². The zero-order valence-electron chi connectivity index (χ0n) is 16.1. The van der Waals surface area contributed by atoms with Crippen LogP contribution in [0, 0.1) is 5.41 Å². The van der Waals surface area contributed by atoms with Crippen LogP contribution in [0.1, 0.15) is 17.3 Å². The summed E-state index contributed by atoms with van der Waals surface area (Å²) < 4.78 is 4.80. The summed E-state index contributed by atoms with van der Waals surface area (Å²) >= 11 is 0. The van der Waals surface area contributed by atoms with Gasteiger partial charge in [-0.25, -0.2) is 4.79 Å². The first-order valence-electron chi connectivity index (χ1n) is 9.25. The van der Waals surface area contributed by atoms with E-state index >= 15 is 0 Å². The van der Waals surface area contributed by atoms with Crippen molar-refractivity contribution in [3.05, 3.63) is 48.0 Å². The standard InChI is InChI=1S/C21H24N4O3/c1-14(26)23-15-5-3-6-16(9-15)24-10-21(11-24)12-25(13-21)18-8-4-7-17(19(18)22)20(27)28-2/h3-9H,10-13,22H2,1-2H3,(H,23,26). The number of nitrogens with one attached hydrogen (secondary N) is 1. The molecular formula is C21H24N4O3. The minimum atomic E-state index is -0.413. The number of hydrogen-bond donors (Lipinski definition) is 2. The number of carbonyl (C=O) groups excluding carboxylic acids is 2. The predicted octanol–water partition coefficient (Wildman–Crippen LogP) is 2.34. The van der Waals surface area contributed by atoms with Gasteiger partial charge in [-0.3, -0.25) is 4.79 Å². The molecule has 2 aromatic carbocycles. The summed E-state index contributed by atoms with van der Waals surface area (Å²) in [7, 11) is 1.36. The van der Waals surface area contributed by atoms with Gasteiger partial charge in [0.15, 0.2) is 0 Å². The van der Waals surface area contributed by atoms with Crippen LogP contribution in [0.5, 0.6) is 0 Å². The summed E-state index contributed by atoms with van der Waals surface area (Å²) in [6.45, 7) is 5.25. The zero-order chi connectivity index (χ0) is 19.9. The highest BCUT2D eigenvalue weighted by molar-refractivity contribution is 5.98. The molecule has 28 heavy (non-hydrogen) atoms. The second kappa shape index (κ2) is 6.74. The Kier molecular flexibility index (Phi) is 4.37. The van der Waals surface area contributed by atoms with Crippen LogP contribution < -0.4 is 20.9 Å². The lowest BCUT2D eigenvalue weighted by Crippen LogP contribution is -2.72. The molecule has 2 fully saturated rings. The summed E-state index contributed by atoms with van der Waals surface area (Å²) in [4.78, 5) is 27.6. The van der Waals surface area contributed by atoms with E-state index in [-0.39, 0.29) is 11.3 Å². The summed E-state index contributed by atoms with van der Waals surface area (Å²) in [5.74, 6) is -0.484. The van der Waals surface area contributed by atoms with Crippen LogP contribution in [0.15, 0.2) is 42.5 Å². The van der Waals surface area contributed by atoms with Crippen molar-refractivity contribution in [1.82, 2.24) is 0 Å². The first kappa shape index (κ1) is 18.2. The summed E-state index contributed by atoms with van der Waals surface area (Å²) in [5, 5.41) is 2.83. The van der Waals surface area contributed by atoms with Crippen molar-refractivity contribution < 1.29 is 14.3 Å². The molecule has 0 saturated carbocycles. The molecule has 1 amide bonds. The Morgan fingerprint density at radius 2 is 1.75 bits per heavy atom. The molecule has 4 rings (SSSR count). The lowest BCUT2D eigenvalue weighted by atomic mass is 9.72. The van der Waals surface area contributed by atoms with E-state index in [1.54, 1.807) is 6.07 Å². The highest BCUT2D eigenvalue weighted by atomic mass is 16.5. The molecule has 0 aliphatic carbocycles. The van der Waals surface area contributed by atoms with Gasteiger partial charge in [0.2, 0.25) is 5.91 Å². The number of esters is 1. The van der Waals surface area contributed by atoms with Crippen molar-refractivity contribution >= 4 is 34.6 Å². The molecule has 2 aromatic rings. The van der Waals surface area contributed by atoms with E-state index in [0.29, 0.717) is 11.3 Å². The molecule has 0 aromatic heterocycles. The van der Waals surface area contributed by atoms with Gasteiger partial charge in [-0.1, -0.05) is 12.1 Å². The van der Waals surface area contributed by atoms with Crippen molar-refractivity contribution in [1.29, 1.82) is 0 Å². The van der Waals surface area contributed by atoms with Crippen molar-refractivity contribution in [3.8, 4) is 0 Å². The van der Waals surface area contributed by atoms with Gasteiger partial charge in [-0.05, 0) is 30.3 Å². The molecule has 2 saturated heterocycles. The van der Waals surface area contributed by atoms with Gasteiger partial charge in [0.25, 0.3) is 0 Å². The molecule has 0 bridgehead atoms. The lowest BCUT2D eigenvalue weighted by Gasteiger charge is -2.61. The van der Waals surface area contributed by atoms with Crippen LogP contribution in [-0.4, -0.2) is 45.2 Å². The van der Waals surface area contributed by atoms with E-state index in [4.69, 9.17) is 10.5 Å². The molecule has 7 nitrogen and oxygen atoms in total. The molecule has 2 aliphatic heterocycles. The summed E-state index contributed by atoms with van der Waals surface area (Å²) in [6.07, 6.45) is 0. The molecule has 7 heteroatoms. The maximum absolute atomic E-state index is 11.9. The number of hydrogen-bond acceptors (Lipinski definition) is 6. The number of rotatable bonds is 4. The van der Waals surface area contributed by atoms with Crippen molar-refractivity contribution in [3.63, 3.8) is 0 Å². The Labute approximate surface area is 164 Å². The monoisotopic (exact) mass is 380 g/mol. The third-order valence-corrected chi connectivity index (χ3v) is 5.47. The van der Waals surface area contributed by atoms with Crippen LogP contribution in [0.25, 0.3) is 0 Å². The SMILES string of the molecule is COC(=O)c1cccc(N2CC3(CN(c4cccc(NC(C)=O)c4)C3)C2)c1N. The van der Waals surface area contributed by atoms with Crippen LogP contribution in [0.2, 0.25) is 0 Å². The van der Waals surface area contributed by atoms with Crippen LogP contribution in [0.3, 0.4) is 0 Å². The van der Waals surface area contributed by atoms with Crippen LogP contribution in [0.4, 0.5) is 22.7 Å². The minimum absolute atomic E-state index is 0.0707. The largest absolute Gasteiger partial charge is 0.465 e. The zero-order valence-corrected chi connectivity index (χ0v) is 16.1. The second-order valence-corrected chi connectivity index (χ2v) is 7.67. The maximum Gasteiger partial charge on any atom is 0.340 e. The molecule has 2 heterocycles. The average Bonchev–Trinajstić information content (AvgIpc) is 2.59. The van der Waals surface area contributed by atoms with E-state index in [0.717, 1.165) is 43.2 Å². The number of ether oxygens (including phenoxy) is 1. The third kappa shape index (κ3) is 3.13. The number of nitrogens with two attached hydrogens (primary N) is 1. The van der Waals surface area contributed by atoms with Crippen molar-refractivity contribution in [2.45, 2.75) is 6.92 Å².